The molecule has 0 radical (unpaired) electrons. The number of nitrogens with one attached hydrogen (secondary N) is 1. The normalized spacial score (nSPS) is 18.5. The number of hydrogen-bond acceptors (Lipinski definition) is 5. The Balaban J connectivity index is 1.54. The van der Waals surface area contributed by atoms with Gasteiger partial charge < -0.3 is 19.7 Å². The van der Waals surface area contributed by atoms with Crippen molar-refractivity contribution < 1.29 is 27.8 Å². The molecule has 3 aromatic carbocycles. The number of nitrogens with zero attached hydrogens (tertiary/aromatic N) is 2. The second-order valence-corrected chi connectivity index (χ2v) is 9.57. The van der Waals surface area contributed by atoms with Crippen LogP contribution in [0.1, 0.15) is 11.1 Å². The molecule has 1 saturated heterocycles. The van der Waals surface area contributed by atoms with Crippen molar-refractivity contribution in [1.29, 1.82) is 0 Å². The molecule has 0 aliphatic carbocycles. The van der Waals surface area contributed by atoms with E-state index in [2.05, 4.69) is 5.32 Å². The fraction of sp³-hybridized carbons (Fsp3) is 0.231. The maximum absolute atomic E-state index is 14.5. The third kappa shape index (κ3) is 3.81. The number of hydrogen-bond donors (Lipinski definition) is 1. The first kappa shape index (κ1) is 23.9. The number of halogens is 2. The topological polar surface area (TPSA) is 71.1 Å². The van der Waals surface area contributed by atoms with Gasteiger partial charge in [0.1, 0.15) is 23.1 Å². The number of fused-ring (bicyclic) bond motifs is 2. The smallest absolute Gasteiger partial charge is 0.323 e. The summed E-state index contributed by atoms with van der Waals surface area (Å²) in [5.41, 5.74) is 1.33. The molecule has 10 heteroatoms. The van der Waals surface area contributed by atoms with Crippen LogP contribution in [0.4, 0.5) is 25.0 Å². The lowest BCUT2D eigenvalue weighted by Gasteiger charge is -2.33. The van der Waals surface area contributed by atoms with Crippen LogP contribution in [0.2, 0.25) is 0 Å². The molecule has 2 heterocycles. The quantitative estimate of drug-likeness (QED) is 0.524. The van der Waals surface area contributed by atoms with Crippen molar-refractivity contribution in [3.8, 4) is 11.5 Å². The van der Waals surface area contributed by atoms with Gasteiger partial charge in [0.25, 0.3) is 5.91 Å². The summed E-state index contributed by atoms with van der Waals surface area (Å²) in [6.07, 6.45) is 0. The van der Waals surface area contributed by atoms with Gasteiger partial charge in [-0.15, -0.1) is 11.8 Å². The van der Waals surface area contributed by atoms with Crippen molar-refractivity contribution in [3.63, 3.8) is 0 Å². The molecule has 1 unspecified atom stereocenters. The van der Waals surface area contributed by atoms with Crippen molar-refractivity contribution in [1.82, 2.24) is 4.90 Å². The van der Waals surface area contributed by atoms with Crippen LogP contribution in [-0.4, -0.2) is 43.4 Å². The largest absolute Gasteiger partial charge is 0.497 e. The van der Waals surface area contributed by atoms with E-state index in [1.54, 1.807) is 49.6 Å². The minimum Gasteiger partial charge on any atom is -0.497 e. The molecule has 36 heavy (non-hydrogen) atoms. The zero-order valence-electron chi connectivity index (χ0n) is 19.6. The Morgan fingerprint density at radius 3 is 2.36 bits per heavy atom. The van der Waals surface area contributed by atoms with Gasteiger partial charge in [-0.1, -0.05) is 6.07 Å². The van der Waals surface area contributed by atoms with Crippen LogP contribution in [0.25, 0.3) is 0 Å². The Morgan fingerprint density at radius 1 is 1.03 bits per heavy atom. The second kappa shape index (κ2) is 9.34. The van der Waals surface area contributed by atoms with E-state index in [1.807, 2.05) is 0 Å². The predicted octanol–water partition coefficient (Wildman–Crippen LogP) is 4.96. The first-order valence-corrected chi connectivity index (χ1v) is 12.2. The number of rotatable bonds is 5. The summed E-state index contributed by atoms with van der Waals surface area (Å²) in [6.45, 7) is -0.0101. The number of ether oxygens (including phenoxy) is 2. The highest BCUT2D eigenvalue weighted by Gasteiger charge is 2.59. The number of amides is 3. The maximum atomic E-state index is 14.5. The van der Waals surface area contributed by atoms with E-state index in [1.165, 1.54) is 34.7 Å². The molecule has 0 saturated carbocycles. The van der Waals surface area contributed by atoms with Gasteiger partial charge in [0.05, 0.1) is 26.5 Å². The van der Waals surface area contributed by atoms with Gasteiger partial charge in [0, 0.05) is 29.1 Å². The lowest BCUT2D eigenvalue weighted by Crippen LogP contribution is -2.51. The molecule has 1 N–H and O–H groups in total. The maximum Gasteiger partial charge on any atom is 0.323 e. The number of carbonyl (C=O) groups is 2. The van der Waals surface area contributed by atoms with E-state index < -0.39 is 28.4 Å². The van der Waals surface area contributed by atoms with Crippen LogP contribution in [0.15, 0.2) is 60.7 Å². The molecule has 1 atom stereocenters. The van der Waals surface area contributed by atoms with E-state index in [9.17, 15) is 18.4 Å². The molecular weight excluding hydrogens is 488 g/mol. The highest BCUT2D eigenvalue weighted by Crippen LogP contribution is 2.55. The molecule has 2 aliphatic heterocycles. The van der Waals surface area contributed by atoms with Gasteiger partial charge in [-0.25, -0.2) is 13.6 Å². The summed E-state index contributed by atoms with van der Waals surface area (Å²) in [4.78, 5) is 28.9. The summed E-state index contributed by atoms with van der Waals surface area (Å²) in [5, 5.41) is 2.85. The van der Waals surface area contributed by atoms with Gasteiger partial charge in [-0.05, 0) is 54.6 Å². The molecule has 5 rings (SSSR count). The predicted molar refractivity (Wildman–Crippen MR) is 133 cm³/mol. The SMILES string of the molecule is COc1ccc(NC(=O)N2CCSC23C(=O)N(Cc2c(F)cccc2F)c2ccc(OC)cc23)cc1. The van der Waals surface area contributed by atoms with Crippen LogP contribution >= 0.6 is 11.8 Å². The van der Waals surface area contributed by atoms with Crippen LogP contribution in [-0.2, 0) is 16.2 Å². The zero-order valence-corrected chi connectivity index (χ0v) is 20.4. The van der Waals surface area contributed by atoms with E-state index in [0.717, 1.165) is 12.1 Å². The highest BCUT2D eigenvalue weighted by molar-refractivity contribution is 8.01. The summed E-state index contributed by atoms with van der Waals surface area (Å²) < 4.78 is 39.6. The van der Waals surface area contributed by atoms with Crippen LogP contribution in [0.5, 0.6) is 11.5 Å². The Kier molecular flexibility index (Phi) is 6.21. The van der Waals surface area contributed by atoms with E-state index in [0.29, 0.717) is 40.7 Å². The van der Waals surface area contributed by atoms with E-state index in [-0.39, 0.29) is 12.1 Å². The highest BCUT2D eigenvalue weighted by atomic mass is 32.2. The zero-order chi connectivity index (χ0) is 25.4. The average Bonchev–Trinajstić information content (AvgIpc) is 3.43. The molecule has 2 aliphatic rings. The number of carbonyl (C=O) groups excluding carboxylic acids is 2. The molecule has 0 bridgehead atoms. The lowest BCUT2D eigenvalue weighted by atomic mass is 10.1. The lowest BCUT2D eigenvalue weighted by molar-refractivity contribution is -0.123. The minimum absolute atomic E-state index is 0.220. The molecule has 7 nitrogen and oxygen atoms in total. The van der Waals surface area contributed by atoms with Crippen LogP contribution in [0, 0.1) is 11.6 Å². The Hall–Kier alpha value is -3.79. The Labute approximate surface area is 211 Å². The Bertz CT molecular complexity index is 1320. The van der Waals surface area contributed by atoms with Crippen LogP contribution < -0.4 is 19.7 Å². The number of benzene rings is 3. The van der Waals surface area contributed by atoms with Crippen molar-refractivity contribution in [2.75, 3.05) is 36.7 Å². The number of thioether (sulfide) groups is 1. The van der Waals surface area contributed by atoms with Crippen molar-refractivity contribution >= 4 is 35.1 Å². The summed E-state index contributed by atoms with van der Waals surface area (Å²) >= 11 is 1.31. The monoisotopic (exact) mass is 511 g/mol. The van der Waals surface area contributed by atoms with E-state index >= 15 is 0 Å². The molecule has 1 fully saturated rings. The molecule has 1 spiro atoms. The summed E-state index contributed by atoms with van der Waals surface area (Å²) in [6, 6.07) is 15.0. The van der Waals surface area contributed by atoms with Gasteiger partial charge in [-0.2, -0.15) is 0 Å². The first-order chi connectivity index (χ1) is 17.4. The van der Waals surface area contributed by atoms with Crippen molar-refractivity contribution in [3.05, 3.63) is 83.4 Å². The first-order valence-electron chi connectivity index (χ1n) is 11.2. The van der Waals surface area contributed by atoms with Gasteiger partial charge in [-0.3, -0.25) is 9.69 Å². The van der Waals surface area contributed by atoms with E-state index in [4.69, 9.17) is 9.47 Å². The number of urea groups is 1. The Morgan fingerprint density at radius 2 is 1.69 bits per heavy atom. The number of anilines is 2. The summed E-state index contributed by atoms with van der Waals surface area (Å²) in [7, 11) is 3.06. The fourth-order valence-corrected chi connectivity index (χ4v) is 6.04. The second-order valence-electron chi connectivity index (χ2n) is 8.28. The van der Waals surface area contributed by atoms with Crippen molar-refractivity contribution in [2.45, 2.75) is 11.4 Å². The third-order valence-electron chi connectivity index (χ3n) is 6.36. The third-order valence-corrected chi connectivity index (χ3v) is 7.78. The average molecular weight is 512 g/mol. The van der Waals surface area contributed by atoms with Gasteiger partial charge in [0.2, 0.25) is 0 Å². The van der Waals surface area contributed by atoms with Crippen molar-refractivity contribution in [2.24, 2.45) is 0 Å². The van der Waals surface area contributed by atoms with Gasteiger partial charge >= 0.3 is 6.03 Å². The molecule has 0 aromatic heterocycles. The summed E-state index contributed by atoms with van der Waals surface area (Å²) in [5.74, 6) is -0.285. The molecule has 3 amide bonds. The van der Waals surface area contributed by atoms with Crippen LogP contribution in [0.3, 0.4) is 0 Å². The fourth-order valence-electron chi connectivity index (χ4n) is 4.59. The standard InChI is InChI=1S/C26H23F2N3O4S/c1-34-17-8-6-16(7-9-17)29-25(33)31-12-13-36-26(31)20-14-18(35-2)10-11-23(20)30(24(26)32)15-19-21(27)4-3-5-22(19)28/h3-11,14H,12-13,15H2,1-2H3,(H,29,33). The molecule has 3 aromatic rings. The number of methoxy groups -OCH3 is 2. The minimum atomic E-state index is -1.40. The molecule has 186 valence electrons. The van der Waals surface area contributed by atoms with Gasteiger partial charge in [0.15, 0.2) is 4.87 Å². The molecular formula is C26H23F2N3O4S.